The molecule has 0 saturated heterocycles. The first-order valence-electron chi connectivity index (χ1n) is 8.47. The SMILES string of the molecule is CC(=O)Oc1c(Br)cc(/C=c2/sc3nc4c(Br)c(C)c(C)cc4n3c2=O)cc1Br. The number of aryl methyl sites for hydroxylation is 1. The second-order valence-electron chi connectivity index (χ2n) is 6.55. The molecule has 5 nitrogen and oxygen atoms in total. The summed E-state index contributed by atoms with van der Waals surface area (Å²) < 4.78 is 9.57. The molecule has 9 heteroatoms. The van der Waals surface area contributed by atoms with Crippen molar-refractivity contribution in [3.05, 3.63) is 63.2 Å². The molecule has 4 rings (SSSR count). The van der Waals surface area contributed by atoms with Gasteiger partial charge in [0.05, 0.1) is 19.0 Å². The summed E-state index contributed by atoms with van der Waals surface area (Å²) in [4.78, 5) is 29.7. The van der Waals surface area contributed by atoms with E-state index in [1.54, 1.807) is 22.6 Å². The van der Waals surface area contributed by atoms with Gasteiger partial charge >= 0.3 is 5.97 Å². The molecule has 0 aliphatic carbocycles. The van der Waals surface area contributed by atoms with Crippen LogP contribution in [0.1, 0.15) is 23.6 Å². The lowest BCUT2D eigenvalue weighted by molar-refractivity contribution is -0.131. The molecule has 0 unspecified atom stereocenters. The summed E-state index contributed by atoms with van der Waals surface area (Å²) in [6, 6.07) is 5.59. The molecule has 0 saturated carbocycles. The zero-order valence-corrected chi connectivity index (χ0v) is 21.0. The zero-order chi connectivity index (χ0) is 21.0. The number of halogens is 3. The number of hydrogen-bond acceptors (Lipinski definition) is 5. The van der Waals surface area contributed by atoms with Crippen molar-refractivity contribution in [2.45, 2.75) is 20.8 Å². The number of benzene rings is 2. The average Bonchev–Trinajstić information content (AvgIpc) is 3.13. The molecule has 0 N–H and O–H groups in total. The number of imidazole rings is 1. The van der Waals surface area contributed by atoms with Gasteiger partial charge in [-0.2, -0.15) is 0 Å². The monoisotopic (exact) mass is 598 g/mol. The third-order valence-corrected chi connectivity index (χ3v) is 7.66. The predicted molar refractivity (Wildman–Crippen MR) is 126 cm³/mol. The molecule has 0 radical (unpaired) electrons. The average molecular weight is 601 g/mol. The maximum Gasteiger partial charge on any atom is 0.308 e. The van der Waals surface area contributed by atoms with Gasteiger partial charge in [0, 0.05) is 11.4 Å². The number of nitrogens with zero attached hydrogens (tertiary/aromatic N) is 2. The van der Waals surface area contributed by atoms with Crippen molar-refractivity contribution in [2.75, 3.05) is 0 Å². The first-order chi connectivity index (χ1) is 13.7. The maximum absolute atomic E-state index is 13.1. The second-order valence-corrected chi connectivity index (χ2v) is 10.1. The fourth-order valence-electron chi connectivity index (χ4n) is 3.03. The van der Waals surface area contributed by atoms with Crippen LogP contribution in [0.5, 0.6) is 5.75 Å². The Morgan fingerprint density at radius 3 is 2.45 bits per heavy atom. The Balaban J connectivity index is 1.91. The Labute approximate surface area is 194 Å². The number of fused-ring (bicyclic) bond motifs is 3. The maximum atomic E-state index is 13.1. The van der Waals surface area contributed by atoms with Gasteiger partial charge in [0.25, 0.3) is 5.56 Å². The van der Waals surface area contributed by atoms with Crippen molar-refractivity contribution >= 4 is 87.2 Å². The Kier molecular flexibility index (Phi) is 5.43. The molecule has 0 fully saturated rings. The van der Waals surface area contributed by atoms with E-state index in [1.165, 1.54) is 18.3 Å². The highest BCUT2D eigenvalue weighted by molar-refractivity contribution is 9.11. The fraction of sp³-hybridized carbons (Fsp3) is 0.150. The van der Waals surface area contributed by atoms with E-state index in [-0.39, 0.29) is 5.56 Å². The van der Waals surface area contributed by atoms with E-state index >= 15 is 0 Å². The lowest BCUT2D eigenvalue weighted by atomic mass is 10.1. The number of esters is 1. The van der Waals surface area contributed by atoms with Gasteiger partial charge in [-0.05, 0) is 103 Å². The zero-order valence-electron chi connectivity index (χ0n) is 15.5. The normalized spacial score (nSPS) is 12.3. The molecule has 0 atom stereocenters. The molecule has 0 aliphatic rings. The molecule has 0 spiro atoms. The minimum absolute atomic E-state index is 0.112. The van der Waals surface area contributed by atoms with Gasteiger partial charge in [0.2, 0.25) is 0 Å². The van der Waals surface area contributed by atoms with E-state index < -0.39 is 5.97 Å². The van der Waals surface area contributed by atoms with Gasteiger partial charge in [-0.3, -0.25) is 9.59 Å². The van der Waals surface area contributed by atoms with Gasteiger partial charge in [-0.15, -0.1) is 0 Å². The highest BCUT2D eigenvalue weighted by Gasteiger charge is 2.16. The van der Waals surface area contributed by atoms with Gasteiger partial charge in [0.15, 0.2) is 10.7 Å². The molecule has 0 aliphatic heterocycles. The van der Waals surface area contributed by atoms with E-state index in [4.69, 9.17) is 4.74 Å². The van der Waals surface area contributed by atoms with Crippen LogP contribution in [0.4, 0.5) is 0 Å². The molecule has 148 valence electrons. The molecule has 0 amide bonds. The number of carbonyl (C=O) groups excluding carboxylic acids is 1. The number of carbonyl (C=O) groups is 1. The van der Waals surface area contributed by atoms with Crippen molar-refractivity contribution in [3.63, 3.8) is 0 Å². The van der Waals surface area contributed by atoms with Crippen molar-refractivity contribution in [1.29, 1.82) is 0 Å². The first-order valence-corrected chi connectivity index (χ1v) is 11.7. The van der Waals surface area contributed by atoms with Crippen LogP contribution < -0.4 is 14.8 Å². The van der Waals surface area contributed by atoms with Gasteiger partial charge in [0.1, 0.15) is 5.52 Å². The van der Waals surface area contributed by atoms with Crippen molar-refractivity contribution in [3.8, 4) is 5.75 Å². The molecule has 4 aromatic rings. The van der Waals surface area contributed by atoms with Crippen molar-refractivity contribution in [1.82, 2.24) is 9.38 Å². The number of hydrogen-bond donors (Lipinski definition) is 0. The quantitative estimate of drug-likeness (QED) is 0.232. The van der Waals surface area contributed by atoms with Crippen molar-refractivity contribution < 1.29 is 9.53 Å². The highest BCUT2D eigenvalue weighted by Crippen LogP contribution is 2.35. The third kappa shape index (κ3) is 3.58. The van der Waals surface area contributed by atoms with Gasteiger partial charge in [-0.1, -0.05) is 11.3 Å². The topological polar surface area (TPSA) is 60.7 Å². The van der Waals surface area contributed by atoms with E-state index in [0.29, 0.717) is 24.2 Å². The standard InChI is InChI=1S/C20H13Br3N2O3S/c1-8-4-14-17(16(23)9(8)2)24-20-25(14)19(27)15(29-20)7-11-5-12(21)18(13(22)6-11)28-10(3)26/h4-7H,1-3H3/b15-7+. The summed E-state index contributed by atoms with van der Waals surface area (Å²) in [6.45, 7) is 5.39. The van der Waals surface area contributed by atoms with E-state index in [0.717, 1.165) is 32.2 Å². The largest absolute Gasteiger partial charge is 0.424 e. The van der Waals surface area contributed by atoms with Crippen LogP contribution in [0.15, 0.2) is 36.4 Å². The van der Waals surface area contributed by atoms with Gasteiger partial charge in [-0.25, -0.2) is 9.38 Å². The minimum atomic E-state index is -0.409. The lowest BCUT2D eigenvalue weighted by Gasteiger charge is -2.07. The summed E-state index contributed by atoms with van der Waals surface area (Å²) in [6.07, 6.45) is 1.80. The molecular weight excluding hydrogens is 588 g/mol. The first kappa shape index (κ1) is 20.7. The number of ether oxygens (including phenoxy) is 1. The summed E-state index contributed by atoms with van der Waals surface area (Å²) in [5, 5.41) is 0. The molecule has 29 heavy (non-hydrogen) atoms. The van der Waals surface area contributed by atoms with Gasteiger partial charge < -0.3 is 4.74 Å². The van der Waals surface area contributed by atoms with Crippen LogP contribution in [0.2, 0.25) is 0 Å². The molecular formula is C20H13Br3N2O3S. The molecule has 2 aromatic heterocycles. The Bertz CT molecular complexity index is 1420. The van der Waals surface area contributed by atoms with Crippen LogP contribution in [0, 0.1) is 13.8 Å². The summed E-state index contributed by atoms with van der Waals surface area (Å²) in [5.74, 6) is -0.00677. The Hall–Kier alpha value is -1.55. The third-order valence-electron chi connectivity index (χ3n) is 4.54. The number of thiazole rings is 1. The molecule has 0 bridgehead atoms. The van der Waals surface area contributed by atoms with Crippen molar-refractivity contribution in [2.24, 2.45) is 0 Å². The predicted octanol–water partition coefficient (Wildman–Crippen LogP) is 5.29. The van der Waals surface area contributed by atoms with E-state index in [2.05, 4.69) is 52.8 Å². The number of rotatable bonds is 2. The molecule has 2 aromatic carbocycles. The lowest BCUT2D eigenvalue weighted by Crippen LogP contribution is -2.22. The Morgan fingerprint density at radius 1 is 1.17 bits per heavy atom. The summed E-state index contributed by atoms with van der Waals surface area (Å²) in [7, 11) is 0. The van der Waals surface area contributed by atoms with Crippen LogP contribution in [0.3, 0.4) is 0 Å². The number of aromatic nitrogens is 2. The molecule has 2 heterocycles. The smallest absolute Gasteiger partial charge is 0.308 e. The van der Waals surface area contributed by atoms with E-state index in [9.17, 15) is 9.59 Å². The summed E-state index contributed by atoms with van der Waals surface area (Å²) in [5.41, 5.74) is 4.47. The van der Waals surface area contributed by atoms with Crippen LogP contribution in [-0.2, 0) is 4.79 Å². The van der Waals surface area contributed by atoms with Crippen LogP contribution in [0.25, 0.3) is 22.1 Å². The fourth-order valence-corrected chi connectivity index (χ4v) is 6.00. The van der Waals surface area contributed by atoms with Crippen LogP contribution >= 0.6 is 59.1 Å². The Morgan fingerprint density at radius 2 is 1.83 bits per heavy atom. The van der Waals surface area contributed by atoms with E-state index in [1.807, 2.05) is 19.9 Å². The minimum Gasteiger partial charge on any atom is -0.424 e. The second kappa shape index (κ2) is 7.61. The van der Waals surface area contributed by atoms with Crippen LogP contribution in [-0.4, -0.2) is 15.4 Å². The summed E-state index contributed by atoms with van der Waals surface area (Å²) >= 11 is 11.8. The highest BCUT2D eigenvalue weighted by atomic mass is 79.9.